The van der Waals surface area contributed by atoms with E-state index in [0.29, 0.717) is 18.6 Å². The van der Waals surface area contributed by atoms with E-state index in [-0.39, 0.29) is 17.0 Å². The average molecular weight is 245 g/mol. The van der Waals surface area contributed by atoms with Gasteiger partial charge in [0, 0.05) is 6.42 Å². The highest BCUT2D eigenvalue weighted by Crippen LogP contribution is 2.26. The van der Waals surface area contributed by atoms with Crippen molar-refractivity contribution in [3.05, 3.63) is 29.0 Å². The quantitative estimate of drug-likeness (QED) is 0.618. The molecule has 1 atom stereocenters. The molecule has 3 N–H and O–H groups in total. The molecular formula is C11H14ClFN2O. The first-order valence-electron chi connectivity index (χ1n) is 4.97. The molecule has 0 fully saturated rings. The molecular weight excluding hydrogens is 231 g/mol. The zero-order valence-electron chi connectivity index (χ0n) is 8.97. The van der Waals surface area contributed by atoms with Crippen LogP contribution in [-0.2, 0) is 0 Å². The monoisotopic (exact) mass is 244 g/mol. The predicted octanol–water partition coefficient (Wildman–Crippen LogP) is 2.96. The lowest BCUT2D eigenvalue weighted by molar-refractivity contribution is 0.204. The summed E-state index contributed by atoms with van der Waals surface area (Å²) in [6.07, 6.45) is 0.831. The van der Waals surface area contributed by atoms with Crippen LogP contribution in [0.15, 0.2) is 18.2 Å². The molecule has 0 aliphatic carbocycles. The minimum absolute atomic E-state index is 0.0603. The van der Waals surface area contributed by atoms with Gasteiger partial charge in [-0.3, -0.25) is 5.41 Å². The number of hydrogen-bond acceptors (Lipinski definition) is 2. The van der Waals surface area contributed by atoms with Crippen LogP contribution in [0.2, 0.25) is 5.02 Å². The van der Waals surface area contributed by atoms with Crippen molar-refractivity contribution in [3.8, 4) is 5.75 Å². The maximum absolute atomic E-state index is 12.8. The number of ether oxygens (including phenoxy) is 1. The molecule has 3 nitrogen and oxygen atoms in total. The fraction of sp³-hybridized carbons (Fsp3) is 0.364. The summed E-state index contributed by atoms with van der Waals surface area (Å²) in [5, 5.41) is 7.41. The second-order valence-electron chi connectivity index (χ2n) is 3.45. The summed E-state index contributed by atoms with van der Waals surface area (Å²) in [7, 11) is 0. The van der Waals surface area contributed by atoms with Gasteiger partial charge in [-0.2, -0.15) is 0 Å². The molecule has 1 aromatic rings. The Morgan fingerprint density at radius 2 is 2.31 bits per heavy atom. The van der Waals surface area contributed by atoms with Crippen LogP contribution in [0.5, 0.6) is 5.75 Å². The van der Waals surface area contributed by atoms with Gasteiger partial charge in [0.15, 0.2) is 0 Å². The number of nitrogens with one attached hydrogen (secondary N) is 1. The number of hydrogen-bond donors (Lipinski definition) is 2. The van der Waals surface area contributed by atoms with Crippen molar-refractivity contribution in [2.75, 3.05) is 0 Å². The Labute approximate surface area is 98.9 Å². The van der Waals surface area contributed by atoms with Crippen LogP contribution in [0, 0.1) is 11.2 Å². The summed E-state index contributed by atoms with van der Waals surface area (Å²) >= 11 is 5.82. The minimum atomic E-state index is -0.406. The zero-order chi connectivity index (χ0) is 12.1. The van der Waals surface area contributed by atoms with Crippen LogP contribution < -0.4 is 10.5 Å². The first-order chi connectivity index (χ1) is 7.52. The molecule has 0 saturated heterocycles. The number of benzene rings is 1. The molecule has 0 spiro atoms. The Morgan fingerprint density at radius 3 is 2.81 bits per heavy atom. The minimum Gasteiger partial charge on any atom is -0.488 e. The van der Waals surface area contributed by atoms with E-state index in [4.69, 9.17) is 27.5 Å². The molecule has 0 aliphatic heterocycles. The van der Waals surface area contributed by atoms with Crippen molar-refractivity contribution >= 4 is 17.4 Å². The highest BCUT2D eigenvalue weighted by molar-refractivity contribution is 6.32. The molecule has 0 aliphatic rings. The molecule has 0 aromatic heterocycles. The second kappa shape index (κ2) is 5.70. The van der Waals surface area contributed by atoms with Gasteiger partial charge >= 0.3 is 0 Å². The van der Waals surface area contributed by atoms with Gasteiger partial charge in [0.1, 0.15) is 17.7 Å². The van der Waals surface area contributed by atoms with Gasteiger partial charge in [-0.25, -0.2) is 4.39 Å². The smallest absolute Gasteiger partial charge is 0.138 e. The Morgan fingerprint density at radius 1 is 1.62 bits per heavy atom. The Hall–Kier alpha value is -1.29. The zero-order valence-corrected chi connectivity index (χ0v) is 9.72. The SMILES string of the molecule is CCC(CC(=N)N)Oc1ccc(F)cc1Cl. The van der Waals surface area contributed by atoms with E-state index < -0.39 is 5.82 Å². The highest BCUT2D eigenvalue weighted by atomic mass is 35.5. The van der Waals surface area contributed by atoms with Gasteiger partial charge in [0.25, 0.3) is 0 Å². The Bertz CT molecular complexity index is 384. The van der Waals surface area contributed by atoms with E-state index in [1.54, 1.807) is 0 Å². The standard InChI is InChI=1S/C11H14ClFN2O/c1-2-8(6-11(14)15)16-10-4-3-7(13)5-9(10)12/h3-5,8H,2,6H2,1H3,(H3,14,15). The molecule has 1 aromatic carbocycles. The third-order valence-electron chi connectivity index (χ3n) is 2.09. The predicted molar refractivity (Wildman–Crippen MR) is 62.6 cm³/mol. The fourth-order valence-corrected chi connectivity index (χ4v) is 1.48. The summed E-state index contributed by atoms with van der Waals surface area (Å²) in [5.74, 6) is 0.0678. The van der Waals surface area contributed by atoms with Crippen LogP contribution in [-0.4, -0.2) is 11.9 Å². The molecule has 0 saturated carbocycles. The van der Waals surface area contributed by atoms with Gasteiger partial charge in [0.05, 0.1) is 10.9 Å². The van der Waals surface area contributed by atoms with Crippen molar-refractivity contribution in [1.82, 2.24) is 0 Å². The number of amidine groups is 1. The van der Waals surface area contributed by atoms with E-state index >= 15 is 0 Å². The molecule has 0 heterocycles. The lowest BCUT2D eigenvalue weighted by Crippen LogP contribution is -2.24. The van der Waals surface area contributed by atoms with Gasteiger partial charge in [-0.05, 0) is 24.6 Å². The second-order valence-corrected chi connectivity index (χ2v) is 3.86. The van der Waals surface area contributed by atoms with Crippen molar-refractivity contribution in [1.29, 1.82) is 5.41 Å². The molecule has 1 unspecified atom stereocenters. The summed E-state index contributed by atoms with van der Waals surface area (Å²) in [6, 6.07) is 3.94. The van der Waals surface area contributed by atoms with Crippen LogP contribution in [0.4, 0.5) is 4.39 Å². The van der Waals surface area contributed by atoms with E-state index in [2.05, 4.69) is 0 Å². The third kappa shape index (κ3) is 3.70. The van der Waals surface area contributed by atoms with E-state index in [0.717, 1.165) is 0 Å². The van der Waals surface area contributed by atoms with Gasteiger partial charge in [0.2, 0.25) is 0 Å². The number of halogens is 2. The normalized spacial score (nSPS) is 12.2. The molecule has 88 valence electrons. The topological polar surface area (TPSA) is 59.1 Å². The third-order valence-corrected chi connectivity index (χ3v) is 2.39. The van der Waals surface area contributed by atoms with Crippen molar-refractivity contribution in [3.63, 3.8) is 0 Å². The maximum atomic E-state index is 12.8. The maximum Gasteiger partial charge on any atom is 0.138 e. The van der Waals surface area contributed by atoms with Crippen molar-refractivity contribution in [2.24, 2.45) is 5.73 Å². The molecule has 0 radical (unpaired) electrons. The van der Waals surface area contributed by atoms with Gasteiger partial charge < -0.3 is 10.5 Å². The summed E-state index contributed by atoms with van der Waals surface area (Å²) in [5.41, 5.74) is 5.30. The van der Waals surface area contributed by atoms with Crippen LogP contribution in [0.3, 0.4) is 0 Å². The van der Waals surface area contributed by atoms with E-state index in [1.165, 1.54) is 18.2 Å². The van der Waals surface area contributed by atoms with Crippen molar-refractivity contribution in [2.45, 2.75) is 25.9 Å². The first kappa shape index (κ1) is 12.8. The molecule has 0 bridgehead atoms. The van der Waals surface area contributed by atoms with Crippen LogP contribution in [0.25, 0.3) is 0 Å². The van der Waals surface area contributed by atoms with Gasteiger partial charge in [-0.15, -0.1) is 0 Å². The van der Waals surface area contributed by atoms with Crippen molar-refractivity contribution < 1.29 is 9.13 Å². The Kier molecular flexibility index (Phi) is 4.55. The summed E-state index contributed by atoms with van der Waals surface area (Å²) in [6.45, 7) is 1.92. The number of rotatable bonds is 5. The lowest BCUT2D eigenvalue weighted by Gasteiger charge is -2.17. The molecule has 0 amide bonds. The van der Waals surface area contributed by atoms with Crippen LogP contribution in [0.1, 0.15) is 19.8 Å². The molecule has 16 heavy (non-hydrogen) atoms. The first-order valence-corrected chi connectivity index (χ1v) is 5.35. The van der Waals surface area contributed by atoms with E-state index in [1.807, 2.05) is 6.92 Å². The highest BCUT2D eigenvalue weighted by Gasteiger charge is 2.12. The Balaban J connectivity index is 2.73. The summed E-state index contributed by atoms with van der Waals surface area (Å²) in [4.78, 5) is 0. The molecule has 5 heteroatoms. The molecule has 1 rings (SSSR count). The summed E-state index contributed by atoms with van der Waals surface area (Å²) < 4.78 is 18.3. The largest absolute Gasteiger partial charge is 0.488 e. The fourth-order valence-electron chi connectivity index (χ4n) is 1.26. The van der Waals surface area contributed by atoms with Crippen LogP contribution >= 0.6 is 11.6 Å². The van der Waals surface area contributed by atoms with E-state index in [9.17, 15) is 4.39 Å². The average Bonchev–Trinajstić information content (AvgIpc) is 2.20. The lowest BCUT2D eigenvalue weighted by atomic mass is 10.2. The van der Waals surface area contributed by atoms with Gasteiger partial charge in [-0.1, -0.05) is 18.5 Å². The number of nitrogens with two attached hydrogens (primary N) is 1.